The first-order valence-corrected chi connectivity index (χ1v) is 11.9. The molecule has 0 spiro atoms. The minimum absolute atomic E-state index is 0.0194. The summed E-state index contributed by atoms with van der Waals surface area (Å²) in [6.07, 6.45) is -2.41. The number of alkyl halides is 3. The predicted molar refractivity (Wildman–Crippen MR) is 122 cm³/mol. The van der Waals surface area contributed by atoms with Gasteiger partial charge in [0, 0.05) is 30.3 Å². The maximum Gasteiger partial charge on any atom is 0.416 e. The van der Waals surface area contributed by atoms with E-state index in [1.807, 2.05) is 43.0 Å². The molecule has 2 aromatic carbocycles. The minimum Gasteiger partial charge on any atom is -0.339 e. The summed E-state index contributed by atoms with van der Waals surface area (Å²) in [4.78, 5) is 14.8. The summed E-state index contributed by atoms with van der Waals surface area (Å²) >= 11 is 1.36. The van der Waals surface area contributed by atoms with Gasteiger partial charge in [0.05, 0.1) is 11.3 Å². The van der Waals surface area contributed by atoms with Crippen LogP contribution in [0.2, 0.25) is 0 Å². The third-order valence-electron chi connectivity index (χ3n) is 5.60. The van der Waals surface area contributed by atoms with Crippen LogP contribution in [0, 0.1) is 0 Å². The SMILES string of the molecule is CC(C)c1nnc(SCc2ccccc2C(=O)N2CCCC2)n1-c1cccc(C(F)(F)F)c1. The fourth-order valence-electron chi connectivity index (χ4n) is 3.90. The number of rotatable bonds is 6. The van der Waals surface area contributed by atoms with E-state index in [-0.39, 0.29) is 11.8 Å². The van der Waals surface area contributed by atoms with Crippen LogP contribution in [0.1, 0.15) is 59.9 Å². The van der Waals surface area contributed by atoms with Crippen LogP contribution < -0.4 is 0 Å². The van der Waals surface area contributed by atoms with Crippen LogP contribution in [0.4, 0.5) is 13.2 Å². The fourth-order valence-corrected chi connectivity index (χ4v) is 4.86. The Kier molecular flexibility index (Phi) is 6.78. The second-order valence-electron chi connectivity index (χ2n) is 8.32. The summed E-state index contributed by atoms with van der Waals surface area (Å²) in [5.74, 6) is 1.01. The molecule has 1 saturated heterocycles. The van der Waals surface area contributed by atoms with Crippen LogP contribution in [-0.2, 0) is 11.9 Å². The third-order valence-corrected chi connectivity index (χ3v) is 6.58. The third kappa shape index (κ3) is 5.08. The fraction of sp³-hybridized carbons (Fsp3) is 0.375. The van der Waals surface area contributed by atoms with E-state index in [2.05, 4.69) is 10.2 Å². The molecule has 0 bridgehead atoms. The van der Waals surface area contributed by atoms with Crippen molar-refractivity contribution in [3.63, 3.8) is 0 Å². The molecule has 0 atom stereocenters. The van der Waals surface area contributed by atoms with E-state index in [4.69, 9.17) is 0 Å². The number of likely N-dealkylation sites (tertiary alicyclic amines) is 1. The number of aromatic nitrogens is 3. The maximum atomic E-state index is 13.3. The molecule has 4 rings (SSSR count). The van der Waals surface area contributed by atoms with Crippen molar-refractivity contribution in [1.82, 2.24) is 19.7 Å². The Bertz CT molecular complexity index is 1140. The average Bonchev–Trinajstić information content (AvgIpc) is 3.47. The van der Waals surface area contributed by atoms with Gasteiger partial charge in [0.2, 0.25) is 0 Å². The molecule has 0 unspecified atom stereocenters. The first-order valence-electron chi connectivity index (χ1n) is 10.9. The Hall–Kier alpha value is -2.81. The van der Waals surface area contributed by atoms with Gasteiger partial charge in [-0.1, -0.05) is 49.9 Å². The van der Waals surface area contributed by atoms with Gasteiger partial charge in [-0.05, 0) is 42.7 Å². The summed E-state index contributed by atoms with van der Waals surface area (Å²) in [5, 5.41) is 9.01. The molecule has 1 aliphatic heterocycles. The lowest BCUT2D eigenvalue weighted by Crippen LogP contribution is -2.28. The quantitative estimate of drug-likeness (QED) is 0.415. The zero-order valence-electron chi connectivity index (χ0n) is 18.5. The van der Waals surface area contributed by atoms with Gasteiger partial charge in [0.25, 0.3) is 5.91 Å². The number of hydrogen-bond donors (Lipinski definition) is 0. The number of halogens is 3. The van der Waals surface area contributed by atoms with Gasteiger partial charge in [-0.3, -0.25) is 9.36 Å². The second kappa shape index (κ2) is 9.59. The Morgan fingerprint density at radius 2 is 1.79 bits per heavy atom. The topological polar surface area (TPSA) is 51.0 Å². The number of carbonyl (C=O) groups excluding carboxylic acids is 1. The molecule has 1 aliphatic rings. The molecule has 33 heavy (non-hydrogen) atoms. The zero-order valence-corrected chi connectivity index (χ0v) is 19.3. The Labute approximate surface area is 195 Å². The summed E-state index contributed by atoms with van der Waals surface area (Å²) < 4.78 is 41.6. The van der Waals surface area contributed by atoms with Gasteiger partial charge in [0.15, 0.2) is 5.16 Å². The molecule has 0 saturated carbocycles. The van der Waals surface area contributed by atoms with Crippen molar-refractivity contribution in [2.45, 2.75) is 49.7 Å². The van der Waals surface area contributed by atoms with Crippen LogP contribution in [0.15, 0.2) is 53.7 Å². The number of thioether (sulfide) groups is 1. The largest absolute Gasteiger partial charge is 0.416 e. The number of benzene rings is 2. The monoisotopic (exact) mass is 474 g/mol. The average molecular weight is 475 g/mol. The van der Waals surface area contributed by atoms with Crippen molar-refractivity contribution >= 4 is 17.7 Å². The van der Waals surface area contributed by atoms with Gasteiger partial charge >= 0.3 is 6.18 Å². The van der Waals surface area contributed by atoms with E-state index in [0.717, 1.165) is 43.6 Å². The highest BCUT2D eigenvalue weighted by atomic mass is 32.2. The van der Waals surface area contributed by atoms with E-state index in [0.29, 0.717) is 28.0 Å². The van der Waals surface area contributed by atoms with Gasteiger partial charge in [-0.25, -0.2) is 0 Å². The number of hydrogen-bond acceptors (Lipinski definition) is 4. The molecule has 1 amide bonds. The Morgan fingerprint density at radius 1 is 1.06 bits per heavy atom. The van der Waals surface area contributed by atoms with Gasteiger partial charge in [-0.2, -0.15) is 13.2 Å². The van der Waals surface area contributed by atoms with Crippen molar-refractivity contribution in [2.75, 3.05) is 13.1 Å². The van der Waals surface area contributed by atoms with Crippen LogP contribution in [0.3, 0.4) is 0 Å². The van der Waals surface area contributed by atoms with Crippen LogP contribution >= 0.6 is 11.8 Å². The molecule has 5 nitrogen and oxygen atoms in total. The van der Waals surface area contributed by atoms with Crippen LogP contribution in [-0.4, -0.2) is 38.7 Å². The number of nitrogens with zero attached hydrogens (tertiary/aromatic N) is 4. The lowest BCUT2D eigenvalue weighted by molar-refractivity contribution is -0.137. The molecule has 174 valence electrons. The van der Waals surface area contributed by atoms with E-state index >= 15 is 0 Å². The van der Waals surface area contributed by atoms with Gasteiger partial charge in [-0.15, -0.1) is 10.2 Å². The normalized spacial score (nSPS) is 14.3. The molecule has 0 aliphatic carbocycles. The minimum atomic E-state index is -4.44. The summed E-state index contributed by atoms with van der Waals surface area (Å²) in [5.41, 5.74) is 1.16. The summed E-state index contributed by atoms with van der Waals surface area (Å²) in [6.45, 7) is 5.38. The molecule has 1 aromatic heterocycles. The molecule has 0 radical (unpaired) electrons. The molecule has 2 heterocycles. The predicted octanol–water partition coefficient (Wildman–Crippen LogP) is 5.94. The summed E-state index contributed by atoms with van der Waals surface area (Å²) in [7, 11) is 0. The summed E-state index contributed by atoms with van der Waals surface area (Å²) in [6, 6.07) is 12.6. The van der Waals surface area contributed by atoms with Crippen molar-refractivity contribution in [3.05, 3.63) is 71.0 Å². The van der Waals surface area contributed by atoms with E-state index in [1.54, 1.807) is 10.6 Å². The molecular formula is C24H25F3N4OS. The molecule has 3 aromatic rings. The number of carbonyl (C=O) groups is 1. The van der Waals surface area contributed by atoms with Crippen LogP contribution in [0.5, 0.6) is 0 Å². The van der Waals surface area contributed by atoms with Crippen molar-refractivity contribution in [2.24, 2.45) is 0 Å². The first kappa shape index (κ1) is 23.4. The molecular weight excluding hydrogens is 449 g/mol. The number of amides is 1. The van der Waals surface area contributed by atoms with E-state index < -0.39 is 11.7 Å². The lowest BCUT2D eigenvalue weighted by atomic mass is 10.1. The molecule has 0 N–H and O–H groups in total. The Balaban J connectivity index is 1.64. The van der Waals surface area contributed by atoms with Crippen LogP contribution in [0.25, 0.3) is 5.69 Å². The highest BCUT2D eigenvalue weighted by Gasteiger charge is 2.31. The molecule has 9 heteroatoms. The smallest absolute Gasteiger partial charge is 0.339 e. The highest BCUT2D eigenvalue weighted by Crippen LogP contribution is 2.33. The second-order valence-corrected chi connectivity index (χ2v) is 9.27. The molecule has 1 fully saturated rings. The highest BCUT2D eigenvalue weighted by molar-refractivity contribution is 7.98. The van der Waals surface area contributed by atoms with Crippen molar-refractivity contribution < 1.29 is 18.0 Å². The lowest BCUT2D eigenvalue weighted by Gasteiger charge is -2.18. The van der Waals surface area contributed by atoms with Gasteiger partial charge in [0.1, 0.15) is 5.82 Å². The van der Waals surface area contributed by atoms with Gasteiger partial charge < -0.3 is 4.90 Å². The first-order chi connectivity index (χ1) is 15.8. The van der Waals surface area contributed by atoms with E-state index in [1.165, 1.54) is 17.8 Å². The maximum absolute atomic E-state index is 13.3. The van der Waals surface area contributed by atoms with Crippen molar-refractivity contribution in [1.29, 1.82) is 0 Å². The Morgan fingerprint density at radius 3 is 2.48 bits per heavy atom. The zero-order chi connectivity index (χ0) is 23.6. The standard InChI is InChI=1S/C24H25F3N4OS/c1-16(2)21-28-29-23(31(21)19-10-7-9-18(14-19)24(25,26)27)33-15-17-8-3-4-11-20(17)22(32)30-12-5-6-13-30/h3-4,7-11,14,16H,5-6,12-13,15H2,1-2H3. The van der Waals surface area contributed by atoms with E-state index in [9.17, 15) is 18.0 Å². The van der Waals surface area contributed by atoms with Crippen molar-refractivity contribution in [3.8, 4) is 5.69 Å².